The molecule has 0 aromatic heterocycles. The molecule has 1 aliphatic rings. The van der Waals surface area contributed by atoms with Gasteiger partial charge >= 0.3 is 0 Å². The van der Waals surface area contributed by atoms with Crippen molar-refractivity contribution in [1.29, 1.82) is 0 Å². The summed E-state index contributed by atoms with van der Waals surface area (Å²) in [5.74, 6) is -0.256. The van der Waals surface area contributed by atoms with E-state index in [4.69, 9.17) is 0 Å². The highest BCUT2D eigenvalue weighted by Crippen LogP contribution is 2.23. The van der Waals surface area contributed by atoms with Gasteiger partial charge in [0.1, 0.15) is 0 Å². The molecule has 1 saturated heterocycles. The van der Waals surface area contributed by atoms with Crippen LogP contribution in [0.2, 0.25) is 0 Å². The first-order valence-corrected chi connectivity index (χ1v) is 11.2. The first-order valence-electron chi connectivity index (χ1n) is 9.52. The predicted molar refractivity (Wildman–Crippen MR) is 108 cm³/mol. The summed E-state index contributed by atoms with van der Waals surface area (Å²) in [5, 5.41) is 15.9. The summed E-state index contributed by atoms with van der Waals surface area (Å²) in [5.41, 5.74) is 2.34. The SMILES string of the molecule is CCS(=O)(=O)c1ccc([C@H](CO)NC(=O)c2ccc(C3CCCN3)cc2)cc1. The van der Waals surface area contributed by atoms with Crippen LogP contribution in [0.1, 0.15) is 53.3 Å². The largest absolute Gasteiger partial charge is 0.394 e. The van der Waals surface area contributed by atoms with Gasteiger partial charge in [0, 0.05) is 11.6 Å². The van der Waals surface area contributed by atoms with Gasteiger partial charge in [0.25, 0.3) is 5.91 Å². The molecule has 0 aliphatic carbocycles. The Hall–Kier alpha value is -2.22. The maximum absolute atomic E-state index is 12.6. The Morgan fingerprint density at radius 3 is 2.39 bits per heavy atom. The van der Waals surface area contributed by atoms with E-state index in [-0.39, 0.29) is 23.2 Å². The Labute approximate surface area is 165 Å². The number of nitrogens with one attached hydrogen (secondary N) is 2. The Morgan fingerprint density at radius 1 is 1.18 bits per heavy atom. The minimum absolute atomic E-state index is 0.0267. The van der Waals surface area contributed by atoms with Gasteiger partial charge in [-0.15, -0.1) is 0 Å². The number of aliphatic hydroxyl groups excluding tert-OH is 1. The van der Waals surface area contributed by atoms with Gasteiger partial charge < -0.3 is 15.7 Å². The fourth-order valence-electron chi connectivity index (χ4n) is 3.39. The highest BCUT2D eigenvalue weighted by molar-refractivity contribution is 7.91. The first-order chi connectivity index (χ1) is 13.4. The van der Waals surface area contributed by atoms with Crippen molar-refractivity contribution in [3.63, 3.8) is 0 Å². The van der Waals surface area contributed by atoms with Gasteiger partial charge in [-0.05, 0) is 54.8 Å². The lowest BCUT2D eigenvalue weighted by molar-refractivity contribution is 0.0916. The summed E-state index contributed by atoms with van der Waals surface area (Å²) in [7, 11) is -3.28. The van der Waals surface area contributed by atoms with E-state index in [1.165, 1.54) is 17.7 Å². The van der Waals surface area contributed by atoms with Crippen molar-refractivity contribution in [2.45, 2.75) is 36.7 Å². The van der Waals surface area contributed by atoms with Crippen LogP contribution in [-0.4, -0.2) is 38.3 Å². The number of carbonyl (C=O) groups is 1. The highest BCUT2D eigenvalue weighted by atomic mass is 32.2. The molecule has 6 nitrogen and oxygen atoms in total. The third-order valence-corrected chi connectivity index (χ3v) is 6.90. The lowest BCUT2D eigenvalue weighted by Crippen LogP contribution is -2.30. The van der Waals surface area contributed by atoms with Crippen LogP contribution in [0, 0.1) is 0 Å². The number of hydrogen-bond donors (Lipinski definition) is 3. The van der Waals surface area contributed by atoms with E-state index >= 15 is 0 Å². The summed E-state index contributed by atoms with van der Waals surface area (Å²) in [6, 6.07) is 13.5. The Kier molecular flexibility index (Phi) is 6.49. The second-order valence-corrected chi connectivity index (χ2v) is 9.23. The minimum atomic E-state index is -3.28. The summed E-state index contributed by atoms with van der Waals surface area (Å²) >= 11 is 0. The Bertz CT molecular complexity index is 902. The number of rotatable bonds is 7. The molecule has 2 aromatic rings. The maximum Gasteiger partial charge on any atom is 0.251 e. The molecule has 0 saturated carbocycles. The molecule has 28 heavy (non-hydrogen) atoms. The molecule has 1 unspecified atom stereocenters. The second kappa shape index (κ2) is 8.86. The zero-order valence-electron chi connectivity index (χ0n) is 15.9. The van der Waals surface area contributed by atoms with E-state index in [0.29, 0.717) is 17.2 Å². The maximum atomic E-state index is 12.6. The van der Waals surface area contributed by atoms with E-state index < -0.39 is 15.9 Å². The van der Waals surface area contributed by atoms with Crippen molar-refractivity contribution in [2.75, 3.05) is 18.9 Å². The molecule has 1 heterocycles. The number of aliphatic hydroxyl groups is 1. The second-order valence-electron chi connectivity index (χ2n) is 6.95. The molecule has 1 amide bonds. The molecular formula is C21H26N2O4S. The van der Waals surface area contributed by atoms with Crippen molar-refractivity contribution >= 4 is 15.7 Å². The Balaban J connectivity index is 1.69. The van der Waals surface area contributed by atoms with Crippen LogP contribution in [0.15, 0.2) is 53.4 Å². The topological polar surface area (TPSA) is 95.5 Å². The quantitative estimate of drug-likeness (QED) is 0.661. The summed E-state index contributed by atoms with van der Waals surface area (Å²) < 4.78 is 23.8. The molecule has 7 heteroatoms. The van der Waals surface area contributed by atoms with Crippen molar-refractivity contribution in [3.05, 3.63) is 65.2 Å². The molecule has 0 spiro atoms. The van der Waals surface area contributed by atoms with Crippen molar-refractivity contribution < 1.29 is 18.3 Å². The summed E-state index contributed by atoms with van der Waals surface area (Å²) in [4.78, 5) is 12.8. The van der Waals surface area contributed by atoms with Crippen LogP contribution in [0.5, 0.6) is 0 Å². The number of amides is 1. The van der Waals surface area contributed by atoms with Gasteiger partial charge in [-0.3, -0.25) is 4.79 Å². The molecule has 2 atom stereocenters. The van der Waals surface area contributed by atoms with Gasteiger partial charge in [0.15, 0.2) is 9.84 Å². The van der Waals surface area contributed by atoms with E-state index in [1.807, 2.05) is 12.1 Å². The lowest BCUT2D eigenvalue weighted by atomic mass is 10.0. The van der Waals surface area contributed by atoms with Crippen LogP contribution < -0.4 is 10.6 Å². The monoisotopic (exact) mass is 402 g/mol. The van der Waals surface area contributed by atoms with E-state index in [1.54, 1.807) is 31.2 Å². The fourth-order valence-corrected chi connectivity index (χ4v) is 4.27. The van der Waals surface area contributed by atoms with E-state index in [0.717, 1.165) is 19.4 Å². The summed E-state index contributed by atoms with van der Waals surface area (Å²) in [6.07, 6.45) is 2.26. The molecular weight excluding hydrogens is 376 g/mol. The molecule has 3 N–H and O–H groups in total. The number of sulfone groups is 1. The van der Waals surface area contributed by atoms with Crippen molar-refractivity contribution in [1.82, 2.24) is 10.6 Å². The third-order valence-electron chi connectivity index (χ3n) is 5.15. The van der Waals surface area contributed by atoms with Gasteiger partial charge in [0.2, 0.25) is 0 Å². The first kappa shape index (κ1) is 20.5. The van der Waals surface area contributed by atoms with Crippen LogP contribution in [0.25, 0.3) is 0 Å². The molecule has 1 aliphatic heterocycles. The zero-order chi connectivity index (χ0) is 20.1. The highest BCUT2D eigenvalue weighted by Gasteiger charge is 2.19. The Morgan fingerprint density at radius 2 is 1.86 bits per heavy atom. The van der Waals surface area contributed by atoms with E-state index in [9.17, 15) is 18.3 Å². The molecule has 2 aromatic carbocycles. The van der Waals surface area contributed by atoms with Gasteiger partial charge in [0.05, 0.1) is 23.3 Å². The zero-order valence-corrected chi connectivity index (χ0v) is 16.7. The normalized spacial score (nSPS) is 18.0. The van der Waals surface area contributed by atoms with Crippen LogP contribution in [0.3, 0.4) is 0 Å². The van der Waals surface area contributed by atoms with Crippen molar-refractivity contribution in [3.8, 4) is 0 Å². The predicted octanol–water partition coefficient (Wildman–Crippen LogP) is 2.37. The third kappa shape index (κ3) is 4.60. The van der Waals surface area contributed by atoms with Gasteiger partial charge in [-0.2, -0.15) is 0 Å². The molecule has 0 radical (unpaired) electrons. The van der Waals surface area contributed by atoms with Crippen LogP contribution >= 0.6 is 0 Å². The molecule has 3 rings (SSSR count). The summed E-state index contributed by atoms with van der Waals surface area (Å²) in [6.45, 7) is 2.33. The van der Waals surface area contributed by atoms with Gasteiger partial charge in [-0.25, -0.2) is 8.42 Å². The van der Waals surface area contributed by atoms with E-state index in [2.05, 4.69) is 10.6 Å². The number of benzene rings is 2. The lowest BCUT2D eigenvalue weighted by Gasteiger charge is -2.18. The standard InChI is InChI=1S/C21H26N2O4S/c1-2-28(26,27)18-11-9-16(10-12-18)20(14-24)23-21(25)17-7-5-15(6-8-17)19-4-3-13-22-19/h5-12,19-20,22,24H,2-4,13-14H2,1H3,(H,23,25)/t19?,20-/m0/s1. The average molecular weight is 403 g/mol. The average Bonchev–Trinajstić information content (AvgIpc) is 3.27. The fraction of sp³-hybridized carbons (Fsp3) is 0.381. The minimum Gasteiger partial charge on any atom is -0.394 e. The van der Waals surface area contributed by atoms with Crippen LogP contribution in [-0.2, 0) is 9.84 Å². The molecule has 0 bridgehead atoms. The van der Waals surface area contributed by atoms with Crippen LogP contribution in [0.4, 0.5) is 0 Å². The molecule has 1 fully saturated rings. The molecule has 150 valence electrons. The number of carbonyl (C=O) groups excluding carboxylic acids is 1. The van der Waals surface area contributed by atoms with Crippen molar-refractivity contribution in [2.24, 2.45) is 0 Å². The smallest absolute Gasteiger partial charge is 0.251 e. The van der Waals surface area contributed by atoms with Gasteiger partial charge in [-0.1, -0.05) is 31.2 Å². The number of hydrogen-bond acceptors (Lipinski definition) is 5.